The van der Waals surface area contributed by atoms with Crippen LogP contribution in [0, 0.1) is 0 Å². The second-order valence-corrected chi connectivity index (χ2v) is 12.7. The number of H-pyrrole nitrogens is 1. The van der Waals surface area contributed by atoms with Crippen molar-refractivity contribution in [3.05, 3.63) is 75.8 Å². The Labute approximate surface area is 282 Å². The maximum atomic E-state index is 13.4. The second kappa shape index (κ2) is 12.9. The van der Waals surface area contributed by atoms with Gasteiger partial charge in [0.2, 0.25) is 17.7 Å². The van der Waals surface area contributed by atoms with Gasteiger partial charge in [0, 0.05) is 85.8 Å². The SMILES string of the molecule is COc1cc2c(-c3cc(OC)c(CN4CCN(c5ccc6c(c5)C(=O)N(C5CCC(=O)NC5=O)C6)CC4C)c(OC)c3)c[nH]c(=O)c2cn1. The molecule has 2 fully saturated rings. The van der Waals surface area contributed by atoms with Crippen molar-refractivity contribution in [1.29, 1.82) is 0 Å². The number of carbonyl (C=O) groups excluding carboxylic acids is 3. The van der Waals surface area contributed by atoms with E-state index in [1.165, 1.54) is 13.3 Å². The number of hydrogen-bond donors (Lipinski definition) is 2. The number of carbonyl (C=O) groups is 3. The topological polar surface area (TPSA) is 146 Å². The van der Waals surface area contributed by atoms with Crippen LogP contribution < -0.4 is 30.0 Å². The van der Waals surface area contributed by atoms with Crippen molar-refractivity contribution >= 4 is 34.2 Å². The zero-order chi connectivity index (χ0) is 34.4. The molecule has 2 saturated heterocycles. The molecular formula is C36H38N6O7. The number of piperidine rings is 1. The van der Waals surface area contributed by atoms with E-state index in [0.717, 1.165) is 47.6 Å². The Kier molecular flexibility index (Phi) is 8.45. The van der Waals surface area contributed by atoms with Crippen molar-refractivity contribution in [2.75, 3.05) is 45.9 Å². The number of rotatable bonds is 8. The molecular weight excluding hydrogens is 628 g/mol. The molecule has 254 valence electrons. The summed E-state index contributed by atoms with van der Waals surface area (Å²) < 4.78 is 17.2. The second-order valence-electron chi connectivity index (χ2n) is 12.7. The molecule has 0 radical (unpaired) electrons. The third-order valence-electron chi connectivity index (χ3n) is 9.89. The molecule has 0 saturated carbocycles. The molecule has 3 aliphatic heterocycles. The van der Waals surface area contributed by atoms with E-state index in [0.29, 0.717) is 53.2 Å². The third kappa shape index (κ3) is 5.84. The van der Waals surface area contributed by atoms with Crippen molar-refractivity contribution in [1.82, 2.24) is 25.1 Å². The number of benzene rings is 2. The molecule has 2 aromatic heterocycles. The van der Waals surface area contributed by atoms with Gasteiger partial charge in [0.25, 0.3) is 11.5 Å². The summed E-state index contributed by atoms with van der Waals surface area (Å²) in [5.74, 6) is 0.862. The van der Waals surface area contributed by atoms with Gasteiger partial charge in [-0.05, 0) is 48.7 Å². The van der Waals surface area contributed by atoms with Crippen molar-refractivity contribution in [2.45, 2.75) is 44.9 Å². The van der Waals surface area contributed by atoms with Crippen LogP contribution in [-0.4, -0.2) is 90.5 Å². The normalized spacial score (nSPS) is 19.6. The summed E-state index contributed by atoms with van der Waals surface area (Å²) in [6.07, 6.45) is 3.76. The maximum absolute atomic E-state index is 13.4. The van der Waals surface area contributed by atoms with Crippen molar-refractivity contribution in [3.8, 4) is 28.5 Å². The van der Waals surface area contributed by atoms with Gasteiger partial charge in [-0.1, -0.05) is 6.07 Å². The summed E-state index contributed by atoms with van der Waals surface area (Å²) in [5.41, 5.74) is 4.73. The highest BCUT2D eigenvalue weighted by atomic mass is 16.5. The molecule has 2 N–H and O–H groups in total. The molecule has 5 heterocycles. The molecule has 13 heteroatoms. The molecule has 2 unspecified atom stereocenters. The van der Waals surface area contributed by atoms with E-state index in [-0.39, 0.29) is 29.8 Å². The summed E-state index contributed by atoms with van der Waals surface area (Å²) in [6.45, 7) is 5.38. The third-order valence-corrected chi connectivity index (χ3v) is 9.89. The van der Waals surface area contributed by atoms with E-state index < -0.39 is 11.9 Å². The highest BCUT2D eigenvalue weighted by Gasteiger charge is 2.39. The molecule has 2 aromatic carbocycles. The molecule has 7 rings (SSSR count). The van der Waals surface area contributed by atoms with Crippen LogP contribution in [0.15, 0.2) is 53.6 Å². The van der Waals surface area contributed by atoms with Gasteiger partial charge in [-0.25, -0.2) is 4.98 Å². The molecule has 49 heavy (non-hydrogen) atoms. The fourth-order valence-corrected chi connectivity index (χ4v) is 7.19. The predicted octanol–water partition coefficient (Wildman–Crippen LogP) is 3.09. The quantitative estimate of drug-likeness (QED) is 0.269. The van der Waals surface area contributed by atoms with Gasteiger partial charge in [-0.15, -0.1) is 0 Å². The number of aromatic nitrogens is 2. The lowest BCUT2D eigenvalue weighted by Gasteiger charge is -2.41. The molecule has 0 bridgehead atoms. The minimum atomic E-state index is -0.635. The Morgan fingerprint density at radius 3 is 2.39 bits per heavy atom. The Bertz CT molecular complexity index is 2020. The smallest absolute Gasteiger partial charge is 0.257 e. The number of ether oxygens (including phenoxy) is 3. The lowest BCUT2D eigenvalue weighted by atomic mass is 9.98. The number of nitrogens with one attached hydrogen (secondary N) is 2. The van der Waals surface area contributed by atoms with Gasteiger partial charge in [-0.3, -0.25) is 29.4 Å². The van der Waals surface area contributed by atoms with Crippen molar-refractivity contribution in [2.24, 2.45) is 0 Å². The number of methoxy groups -OCH3 is 3. The minimum absolute atomic E-state index is 0.162. The van der Waals surface area contributed by atoms with Crippen LogP contribution in [0.25, 0.3) is 21.9 Å². The van der Waals surface area contributed by atoms with E-state index in [1.54, 1.807) is 31.4 Å². The first-order valence-corrected chi connectivity index (χ1v) is 16.3. The largest absolute Gasteiger partial charge is 0.496 e. The van der Waals surface area contributed by atoms with Crippen LogP contribution in [0.5, 0.6) is 17.4 Å². The van der Waals surface area contributed by atoms with Crippen LogP contribution in [0.4, 0.5) is 5.69 Å². The van der Waals surface area contributed by atoms with Crippen LogP contribution in [0.3, 0.4) is 0 Å². The van der Waals surface area contributed by atoms with Crippen LogP contribution >= 0.6 is 0 Å². The van der Waals surface area contributed by atoms with Crippen molar-refractivity contribution in [3.63, 3.8) is 0 Å². The molecule has 4 aromatic rings. The van der Waals surface area contributed by atoms with Crippen LogP contribution in [0.2, 0.25) is 0 Å². The zero-order valence-corrected chi connectivity index (χ0v) is 27.9. The van der Waals surface area contributed by atoms with E-state index in [4.69, 9.17) is 14.2 Å². The number of amides is 3. The van der Waals surface area contributed by atoms with Gasteiger partial charge >= 0.3 is 0 Å². The highest BCUT2D eigenvalue weighted by Crippen LogP contribution is 2.39. The number of imide groups is 1. The summed E-state index contributed by atoms with van der Waals surface area (Å²) in [4.78, 5) is 63.3. The lowest BCUT2D eigenvalue weighted by Crippen LogP contribution is -2.52. The molecule has 3 aliphatic rings. The van der Waals surface area contributed by atoms with E-state index in [2.05, 4.69) is 32.0 Å². The average molecular weight is 667 g/mol. The number of pyridine rings is 2. The van der Waals surface area contributed by atoms with Gasteiger partial charge in [-0.2, -0.15) is 0 Å². The van der Waals surface area contributed by atoms with Gasteiger partial charge in [0.05, 0.1) is 32.3 Å². The van der Waals surface area contributed by atoms with Crippen molar-refractivity contribution < 1.29 is 28.6 Å². The molecule has 2 atom stereocenters. The van der Waals surface area contributed by atoms with Gasteiger partial charge < -0.3 is 29.0 Å². The summed E-state index contributed by atoms with van der Waals surface area (Å²) in [5, 5.41) is 3.51. The predicted molar refractivity (Wildman–Crippen MR) is 182 cm³/mol. The Morgan fingerprint density at radius 2 is 1.69 bits per heavy atom. The van der Waals surface area contributed by atoms with Crippen LogP contribution in [0.1, 0.15) is 41.3 Å². The Hall–Kier alpha value is -5.43. The highest BCUT2D eigenvalue weighted by molar-refractivity contribution is 6.05. The average Bonchev–Trinajstić information content (AvgIpc) is 3.43. The Morgan fingerprint density at radius 1 is 0.918 bits per heavy atom. The lowest BCUT2D eigenvalue weighted by molar-refractivity contribution is -0.136. The standard InChI is InChI=1S/C36H38N6O7/c1-20-17-41(23-6-5-21-18-42(36(46)24(21)13-23)29-7-8-32(43)39-35(29)45)10-9-40(20)19-28-30(47-2)11-22(12-31(28)48-3)26-15-38-34(44)27-16-37-33(49-4)14-25(26)27/h5-6,11-16,20,29H,7-10,17-19H2,1-4H3,(H,38,44)(H,39,43,45). The number of aromatic amines is 1. The van der Waals surface area contributed by atoms with Gasteiger partial charge in [0.1, 0.15) is 17.5 Å². The fraction of sp³-hybridized carbons (Fsp3) is 0.361. The van der Waals surface area contributed by atoms with E-state index in [9.17, 15) is 19.2 Å². The number of hydrogen-bond acceptors (Lipinski definition) is 10. The molecule has 13 nitrogen and oxygen atoms in total. The number of nitrogens with zero attached hydrogens (tertiary/aromatic N) is 4. The maximum Gasteiger partial charge on any atom is 0.257 e. The molecule has 0 spiro atoms. The first-order chi connectivity index (χ1) is 23.7. The summed E-state index contributed by atoms with van der Waals surface area (Å²) >= 11 is 0. The number of anilines is 1. The first kappa shape index (κ1) is 32.1. The number of fused-ring (bicyclic) bond motifs is 2. The zero-order valence-electron chi connectivity index (χ0n) is 27.9. The molecule has 0 aliphatic carbocycles. The van der Waals surface area contributed by atoms with E-state index in [1.807, 2.05) is 30.3 Å². The molecule has 3 amide bonds. The van der Waals surface area contributed by atoms with E-state index >= 15 is 0 Å². The Balaban J connectivity index is 1.09. The minimum Gasteiger partial charge on any atom is -0.496 e. The number of piperazine rings is 1. The monoisotopic (exact) mass is 666 g/mol. The van der Waals surface area contributed by atoms with Gasteiger partial charge in [0.15, 0.2) is 0 Å². The summed E-state index contributed by atoms with van der Waals surface area (Å²) in [7, 11) is 4.81. The summed E-state index contributed by atoms with van der Waals surface area (Å²) in [6, 6.07) is 11.1. The first-order valence-electron chi connectivity index (χ1n) is 16.3. The van der Waals surface area contributed by atoms with Crippen LogP contribution in [-0.2, 0) is 22.7 Å². The fourth-order valence-electron chi connectivity index (χ4n) is 7.19.